The lowest BCUT2D eigenvalue weighted by molar-refractivity contribution is 0.289. The van der Waals surface area contributed by atoms with Crippen molar-refractivity contribution in [1.29, 1.82) is 0 Å². The van der Waals surface area contributed by atoms with Gasteiger partial charge >= 0.3 is 0 Å². The predicted octanol–water partition coefficient (Wildman–Crippen LogP) is 8.10. The molecule has 0 aromatic carbocycles. The molecule has 0 unspecified atom stereocenters. The summed E-state index contributed by atoms with van der Waals surface area (Å²) in [5.41, 5.74) is 0. The second kappa shape index (κ2) is 13.2. The first-order chi connectivity index (χ1) is 12.8. The normalized spacial score (nSPS) is 29.8. The van der Waals surface area contributed by atoms with Crippen molar-refractivity contribution in [1.82, 2.24) is 0 Å². The van der Waals surface area contributed by atoms with Crippen LogP contribution in [0.2, 0.25) is 0 Å². The van der Waals surface area contributed by atoms with Gasteiger partial charge in [0, 0.05) is 0 Å². The van der Waals surface area contributed by atoms with Crippen molar-refractivity contribution in [3.8, 4) is 11.8 Å². The van der Waals surface area contributed by atoms with E-state index in [1.54, 1.807) is 0 Å². The molecule has 26 heavy (non-hydrogen) atoms. The number of rotatable bonds is 8. The second-order valence-corrected chi connectivity index (χ2v) is 8.85. The summed E-state index contributed by atoms with van der Waals surface area (Å²) < 4.78 is 0. The van der Waals surface area contributed by atoms with Gasteiger partial charge in [-0.2, -0.15) is 0 Å². The molecule has 0 heteroatoms. The van der Waals surface area contributed by atoms with Crippen LogP contribution in [0.25, 0.3) is 0 Å². The highest BCUT2D eigenvalue weighted by Crippen LogP contribution is 2.33. The van der Waals surface area contributed by atoms with Gasteiger partial charge in [-0.3, -0.25) is 0 Å². The number of hydrogen-bond acceptors (Lipinski definition) is 0. The molecule has 0 nitrogen and oxygen atoms in total. The minimum absolute atomic E-state index is 0.782. The third-order valence-corrected chi connectivity index (χ3v) is 6.68. The van der Waals surface area contributed by atoms with Crippen LogP contribution >= 0.6 is 0 Å². The van der Waals surface area contributed by atoms with Crippen LogP contribution in [0.5, 0.6) is 0 Å². The number of unbranched alkanes of at least 4 members (excludes halogenated alkanes) is 2. The van der Waals surface area contributed by atoms with Crippen molar-refractivity contribution in [2.75, 3.05) is 0 Å². The van der Waals surface area contributed by atoms with Crippen LogP contribution in [0, 0.1) is 35.5 Å². The zero-order chi connectivity index (χ0) is 18.5. The van der Waals surface area contributed by atoms with Crippen LogP contribution in [0.1, 0.15) is 104 Å². The lowest BCUT2D eigenvalue weighted by Crippen LogP contribution is -2.12. The van der Waals surface area contributed by atoms with E-state index in [2.05, 4.69) is 50.0 Å². The van der Waals surface area contributed by atoms with Crippen molar-refractivity contribution < 1.29 is 0 Å². The Kier molecular flexibility index (Phi) is 10.9. The molecule has 2 fully saturated rings. The van der Waals surface area contributed by atoms with E-state index >= 15 is 0 Å². The van der Waals surface area contributed by atoms with E-state index in [-0.39, 0.29) is 0 Å². The molecule has 0 aromatic rings. The summed E-state index contributed by atoms with van der Waals surface area (Å²) in [5.74, 6) is 10.0. The van der Waals surface area contributed by atoms with Crippen molar-refractivity contribution in [2.24, 2.45) is 23.7 Å². The van der Waals surface area contributed by atoms with Gasteiger partial charge in [-0.15, -0.1) is 0 Å². The molecule has 0 amide bonds. The maximum atomic E-state index is 3.24. The largest absolute Gasteiger partial charge is 0.0730 e. The minimum Gasteiger partial charge on any atom is -0.0730 e. The van der Waals surface area contributed by atoms with E-state index in [0.717, 1.165) is 23.7 Å². The average molecular weight is 355 g/mol. The van der Waals surface area contributed by atoms with E-state index < -0.39 is 0 Å². The molecule has 0 aromatic heterocycles. The first-order valence-electron chi connectivity index (χ1n) is 11.7. The van der Waals surface area contributed by atoms with Crippen molar-refractivity contribution in [3.05, 3.63) is 24.3 Å². The summed E-state index contributed by atoms with van der Waals surface area (Å²) in [7, 11) is 0. The Hall–Kier alpha value is -0.960. The van der Waals surface area contributed by atoms with Gasteiger partial charge in [-0.1, -0.05) is 76.4 Å². The number of hydrogen-bond donors (Lipinski definition) is 0. The molecule has 0 atom stereocenters. The summed E-state index contributed by atoms with van der Waals surface area (Å²) in [6.45, 7) is 4.62. The topological polar surface area (TPSA) is 0 Å². The summed E-state index contributed by atoms with van der Waals surface area (Å²) in [6.07, 6.45) is 28.7. The second-order valence-electron chi connectivity index (χ2n) is 8.85. The minimum atomic E-state index is 0.782. The van der Waals surface area contributed by atoms with Crippen LogP contribution in [-0.4, -0.2) is 0 Å². The molecule has 2 aliphatic carbocycles. The van der Waals surface area contributed by atoms with Gasteiger partial charge in [0.2, 0.25) is 0 Å². The quantitative estimate of drug-likeness (QED) is 0.305. The van der Waals surface area contributed by atoms with Gasteiger partial charge < -0.3 is 0 Å². The van der Waals surface area contributed by atoms with Gasteiger partial charge in [-0.05, 0) is 87.2 Å². The molecule has 0 saturated heterocycles. The Morgan fingerprint density at radius 2 is 1.12 bits per heavy atom. The molecule has 2 saturated carbocycles. The van der Waals surface area contributed by atoms with Crippen molar-refractivity contribution >= 4 is 0 Å². The summed E-state index contributed by atoms with van der Waals surface area (Å²) in [6, 6.07) is 0. The van der Waals surface area contributed by atoms with Crippen molar-refractivity contribution in [2.45, 2.75) is 104 Å². The molecule has 2 rings (SSSR count). The fourth-order valence-corrected chi connectivity index (χ4v) is 4.89. The molecule has 0 heterocycles. The molecule has 0 radical (unpaired) electrons. The Balaban J connectivity index is 1.58. The van der Waals surface area contributed by atoms with Gasteiger partial charge in [-0.25, -0.2) is 0 Å². The van der Waals surface area contributed by atoms with Crippen molar-refractivity contribution in [3.63, 3.8) is 0 Å². The standard InChI is InChI=1S/C26H42/c1-3-5-8-12-24-19-21-26(22-20-24)14-10-7-6-9-13-25-17-15-23(11-4-2)16-18-25/h9-10,13-14,23-26H,3-5,8,11-12,15-22H2,1-2H3/b13-9+,14-10+. The average Bonchev–Trinajstić information content (AvgIpc) is 2.67. The van der Waals surface area contributed by atoms with Gasteiger partial charge in [0.25, 0.3) is 0 Å². The fourth-order valence-electron chi connectivity index (χ4n) is 4.89. The van der Waals surface area contributed by atoms with Crippen LogP contribution in [-0.2, 0) is 0 Å². The molecular formula is C26H42. The first kappa shape index (κ1) is 21.3. The third kappa shape index (κ3) is 8.62. The van der Waals surface area contributed by atoms with Crippen LogP contribution in [0.4, 0.5) is 0 Å². The van der Waals surface area contributed by atoms with E-state index in [4.69, 9.17) is 0 Å². The number of allylic oxidation sites excluding steroid dienone is 4. The van der Waals surface area contributed by atoms with Crippen LogP contribution in [0.3, 0.4) is 0 Å². The first-order valence-corrected chi connectivity index (χ1v) is 11.7. The monoisotopic (exact) mass is 354 g/mol. The molecule has 0 N–H and O–H groups in total. The lowest BCUT2D eigenvalue weighted by Gasteiger charge is -2.26. The van der Waals surface area contributed by atoms with Crippen LogP contribution in [0.15, 0.2) is 24.3 Å². The van der Waals surface area contributed by atoms with Gasteiger partial charge in [0.1, 0.15) is 0 Å². The Bertz CT molecular complexity index is 456. The van der Waals surface area contributed by atoms with E-state index in [0.29, 0.717) is 0 Å². The van der Waals surface area contributed by atoms with E-state index in [1.807, 2.05) is 0 Å². The fraction of sp³-hybridized carbons (Fsp3) is 0.769. The summed E-state index contributed by atoms with van der Waals surface area (Å²) >= 11 is 0. The Morgan fingerprint density at radius 1 is 0.615 bits per heavy atom. The van der Waals surface area contributed by atoms with E-state index in [1.165, 1.54) is 89.9 Å². The third-order valence-electron chi connectivity index (χ3n) is 6.68. The van der Waals surface area contributed by atoms with Gasteiger partial charge in [0.05, 0.1) is 0 Å². The Morgan fingerprint density at radius 3 is 1.58 bits per heavy atom. The highest BCUT2D eigenvalue weighted by Gasteiger charge is 2.19. The zero-order valence-electron chi connectivity index (χ0n) is 17.5. The highest BCUT2D eigenvalue weighted by molar-refractivity contribution is 5.24. The molecule has 0 spiro atoms. The van der Waals surface area contributed by atoms with E-state index in [9.17, 15) is 0 Å². The SMILES string of the molecule is CCCCCC1CCC(/C=C/C#C/C=C/C2CCC(CCC)CC2)CC1. The smallest absolute Gasteiger partial charge is 0.0153 e. The molecular weight excluding hydrogens is 312 g/mol. The molecule has 0 bridgehead atoms. The summed E-state index contributed by atoms with van der Waals surface area (Å²) in [5, 5.41) is 0. The predicted molar refractivity (Wildman–Crippen MR) is 116 cm³/mol. The molecule has 0 aliphatic heterocycles. The molecule has 146 valence electrons. The maximum Gasteiger partial charge on any atom is -0.0153 e. The molecule has 2 aliphatic rings. The maximum absolute atomic E-state index is 3.24. The Labute approximate surface area is 163 Å². The highest BCUT2D eigenvalue weighted by atomic mass is 14.2. The van der Waals surface area contributed by atoms with Gasteiger partial charge in [0.15, 0.2) is 0 Å². The van der Waals surface area contributed by atoms with Crippen LogP contribution < -0.4 is 0 Å². The lowest BCUT2D eigenvalue weighted by atomic mass is 9.79. The zero-order valence-corrected chi connectivity index (χ0v) is 17.5. The summed E-state index contributed by atoms with van der Waals surface area (Å²) in [4.78, 5) is 0.